The van der Waals surface area contributed by atoms with Crippen molar-refractivity contribution in [3.05, 3.63) is 35.4 Å². The maximum atomic E-state index is 9.06. The summed E-state index contributed by atoms with van der Waals surface area (Å²) in [6, 6.07) is 10.6. The predicted octanol–water partition coefficient (Wildman–Crippen LogP) is 2.57. The number of ether oxygens (including phenoxy) is 2. The molecule has 1 aromatic carbocycles. The van der Waals surface area contributed by atoms with E-state index in [1.54, 1.807) is 0 Å². The summed E-state index contributed by atoms with van der Waals surface area (Å²) in [6.07, 6.45) is 3.99. The first kappa shape index (κ1) is 15.5. The summed E-state index contributed by atoms with van der Waals surface area (Å²) in [5, 5.41) is 9.06. The monoisotopic (exact) mass is 300 g/mol. The van der Waals surface area contributed by atoms with Gasteiger partial charge in [0, 0.05) is 32.2 Å². The van der Waals surface area contributed by atoms with Gasteiger partial charge >= 0.3 is 0 Å². The topological polar surface area (TPSA) is 45.5 Å². The van der Waals surface area contributed by atoms with E-state index in [2.05, 4.69) is 17.0 Å². The van der Waals surface area contributed by atoms with E-state index in [0.717, 1.165) is 38.3 Å². The molecule has 0 spiro atoms. The van der Waals surface area contributed by atoms with E-state index in [0.29, 0.717) is 18.1 Å². The van der Waals surface area contributed by atoms with Crippen molar-refractivity contribution in [3.8, 4) is 6.07 Å². The zero-order valence-corrected chi connectivity index (χ0v) is 13.2. The molecule has 3 rings (SSSR count). The van der Waals surface area contributed by atoms with Gasteiger partial charge in [-0.25, -0.2) is 0 Å². The summed E-state index contributed by atoms with van der Waals surface area (Å²) in [5.41, 5.74) is 1.94. The van der Waals surface area contributed by atoms with Gasteiger partial charge in [-0.1, -0.05) is 18.6 Å². The van der Waals surface area contributed by atoms with Crippen LogP contribution in [0.15, 0.2) is 24.3 Å². The Labute approximate surface area is 132 Å². The number of rotatable bonds is 4. The van der Waals surface area contributed by atoms with Gasteiger partial charge in [0.1, 0.15) is 0 Å². The summed E-state index contributed by atoms with van der Waals surface area (Å²) in [4.78, 5) is 2.52. The molecule has 1 aliphatic heterocycles. The van der Waals surface area contributed by atoms with E-state index >= 15 is 0 Å². The third kappa shape index (κ3) is 3.33. The van der Waals surface area contributed by atoms with Crippen LogP contribution < -0.4 is 0 Å². The molecule has 22 heavy (non-hydrogen) atoms. The number of hydrogen-bond acceptors (Lipinski definition) is 4. The Hall–Kier alpha value is -1.41. The molecule has 0 radical (unpaired) electrons. The van der Waals surface area contributed by atoms with E-state index < -0.39 is 0 Å². The largest absolute Gasteiger partial charge is 0.381 e. The number of benzene rings is 1. The van der Waals surface area contributed by atoms with Crippen molar-refractivity contribution in [3.63, 3.8) is 0 Å². The first-order valence-electron chi connectivity index (χ1n) is 8.15. The van der Waals surface area contributed by atoms with Crippen molar-refractivity contribution in [2.45, 2.75) is 38.0 Å². The molecular formula is C18H24N2O2. The Morgan fingerprint density at radius 3 is 3.14 bits per heavy atom. The summed E-state index contributed by atoms with van der Waals surface area (Å²) in [7, 11) is 1.83. The quantitative estimate of drug-likeness (QED) is 0.857. The number of nitriles is 1. The Kier molecular flexibility index (Phi) is 5.09. The molecule has 0 bridgehead atoms. The van der Waals surface area contributed by atoms with Crippen molar-refractivity contribution >= 4 is 0 Å². The predicted molar refractivity (Wildman–Crippen MR) is 84.3 cm³/mol. The summed E-state index contributed by atoms with van der Waals surface area (Å²) in [6.45, 7) is 3.42. The lowest BCUT2D eigenvalue weighted by Gasteiger charge is -2.40. The number of hydrogen-bond donors (Lipinski definition) is 0. The van der Waals surface area contributed by atoms with Crippen LogP contribution in [0.1, 0.15) is 30.4 Å². The van der Waals surface area contributed by atoms with E-state index in [-0.39, 0.29) is 0 Å². The molecule has 2 fully saturated rings. The molecule has 1 aromatic rings. The van der Waals surface area contributed by atoms with Crippen molar-refractivity contribution < 1.29 is 9.47 Å². The minimum atomic E-state index is 0.361. The summed E-state index contributed by atoms with van der Waals surface area (Å²) < 4.78 is 11.4. The fourth-order valence-electron chi connectivity index (χ4n) is 3.91. The lowest BCUT2D eigenvalue weighted by atomic mass is 9.93. The van der Waals surface area contributed by atoms with Gasteiger partial charge < -0.3 is 9.47 Å². The molecule has 0 unspecified atom stereocenters. The number of nitrogens with zero attached hydrogens (tertiary/aromatic N) is 2. The normalized spacial score (nSPS) is 29.4. The number of methoxy groups -OCH3 is 1. The van der Waals surface area contributed by atoms with Crippen molar-refractivity contribution in [1.29, 1.82) is 5.26 Å². The van der Waals surface area contributed by atoms with Gasteiger partial charge in [0.15, 0.2) is 0 Å². The third-order valence-electron chi connectivity index (χ3n) is 5.02. The molecular weight excluding hydrogens is 276 g/mol. The minimum Gasteiger partial charge on any atom is -0.381 e. The van der Waals surface area contributed by atoms with Crippen LogP contribution in [-0.4, -0.2) is 43.9 Å². The molecule has 0 amide bonds. The Morgan fingerprint density at radius 1 is 1.41 bits per heavy atom. The fraction of sp³-hybridized carbons (Fsp3) is 0.611. The highest BCUT2D eigenvalue weighted by Gasteiger charge is 2.38. The zero-order valence-electron chi connectivity index (χ0n) is 13.2. The lowest BCUT2D eigenvalue weighted by molar-refractivity contribution is -0.0608. The first-order valence-corrected chi connectivity index (χ1v) is 8.15. The highest BCUT2D eigenvalue weighted by molar-refractivity contribution is 5.32. The highest BCUT2D eigenvalue weighted by Crippen LogP contribution is 2.34. The Bertz CT molecular complexity index is 540. The fourth-order valence-corrected chi connectivity index (χ4v) is 3.91. The zero-order chi connectivity index (χ0) is 15.4. The highest BCUT2D eigenvalue weighted by atomic mass is 16.5. The lowest BCUT2D eigenvalue weighted by Crippen LogP contribution is -2.50. The van der Waals surface area contributed by atoms with Crippen molar-refractivity contribution in [1.82, 2.24) is 4.90 Å². The molecule has 3 atom stereocenters. The van der Waals surface area contributed by atoms with Crippen molar-refractivity contribution in [2.75, 3.05) is 26.9 Å². The van der Waals surface area contributed by atoms with E-state index in [4.69, 9.17) is 14.7 Å². The smallest absolute Gasteiger partial charge is 0.0991 e. The average molecular weight is 300 g/mol. The molecule has 0 aromatic heterocycles. The second-order valence-electron chi connectivity index (χ2n) is 6.29. The molecule has 1 saturated heterocycles. The third-order valence-corrected chi connectivity index (χ3v) is 5.02. The van der Waals surface area contributed by atoms with Gasteiger partial charge in [0.2, 0.25) is 0 Å². The van der Waals surface area contributed by atoms with Crippen LogP contribution in [-0.2, 0) is 16.0 Å². The van der Waals surface area contributed by atoms with Gasteiger partial charge in [-0.3, -0.25) is 4.90 Å². The Morgan fingerprint density at radius 2 is 2.32 bits per heavy atom. The van der Waals surface area contributed by atoms with Crippen LogP contribution >= 0.6 is 0 Å². The number of morpholine rings is 1. The molecule has 1 heterocycles. The summed E-state index contributed by atoms with van der Waals surface area (Å²) in [5.74, 6) is 0.560. The van der Waals surface area contributed by atoms with Crippen LogP contribution in [0.2, 0.25) is 0 Å². The molecule has 2 aliphatic rings. The summed E-state index contributed by atoms with van der Waals surface area (Å²) >= 11 is 0. The van der Waals surface area contributed by atoms with Crippen LogP contribution in [0.5, 0.6) is 0 Å². The first-order chi connectivity index (χ1) is 10.8. The van der Waals surface area contributed by atoms with Gasteiger partial charge in [-0.05, 0) is 30.5 Å². The molecule has 4 nitrogen and oxygen atoms in total. The SMILES string of the molecule is CO[C@@H]1CCC[C@H]1[C@@H]1COCCN1Cc1cccc(C#N)c1. The molecule has 4 heteroatoms. The molecule has 1 aliphatic carbocycles. The van der Waals surface area contributed by atoms with Crippen LogP contribution in [0.4, 0.5) is 0 Å². The van der Waals surface area contributed by atoms with Crippen LogP contribution in [0.25, 0.3) is 0 Å². The van der Waals surface area contributed by atoms with Crippen LogP contribution in [0.3, 0.4) is 0 Å². The van der Waals surface area contributed by atoms with Gasteiger partial charge in [-0.15, -0.1) is 0 Å². The van der Waals surface area contributed by atoms with Crippen LogP contribution in [0, 0.1) is 17.2 Å². The van der Waals surface area contributed by atoms with Gasteiger partial charge in [-0.2, -0.15) is 5.26 Å². The van der Waals surface area contributed by atoms with Crippen molar-refractivity contribution in [2.24, 2.45) is 5.92 Å². The second kappa shape index (κ2) is 7.23. The molecule has 1 saturated carbocycles. The molecule has 118 valence electrons. The van der Waals surface area contributed by atoms with Gasteiger partial charge in [0.05, 0.1) is 31.0 Å². The average Bonchev–Trinajstić information content (AvgIpc) is 3.04. The van der Waals surface area contributed by atoms with E-state index in [9.17, 15) is 0 Å². The minimum absolute atomic E-state index is 0.361. The van der Waals surface area contributed by atoms with Gasteiger partial charge in [0.25, 0.3) is 0 Å². The molecule has 0 N–H and O–H groups in total. The maximum absolute atomic E-state index is 9.06. The maximum Gasteiger partial charge on any atom is 0.0991 e. The second-order valence-corrected chi connectivity index (χ2v) is 6.29. The standard InChI is InChI=1S/C18H24N2O2/c1-21-18-7-3-6-16(18)17-13-22-9-8-20(17)12-15-5-2-4-14(10-15)11-19/h2,4-5,10,16-18H,3,6-9,12-13H2,1H3/t16-,17-,18+/m0/s1. The Balaban J connectivity index is 1.73. The van der Waals surface area contributed by atoms with E-state index in [1.165, 1.54) is 18.4 Å². The van der Waals surface area contributed by atoms with E-state index in [1.807, 2.05) is 25.3 Å².